The second-order valence-electron chi connectivity index (χ2n) is 27.8. The third-order valence-electron chi connectivity index (χ3n) is 19.3. The van der Waals surface area contributed by atoms with Crippen molar-refractivity contribution in [2.24, 2.45) is 0 Å². The molecular weight excluding hydrogens is 1240 g/mol. The fourth-order valence-corrected chi connectivity index (χ4v) is 13.1. The summed E-state index contributed by atoms with van der Waals surface area (Å²) in [5.41, 5.74) is 0. The summed E-state index contributed by atoms with van der Waals surface area (Å²) in [6, 6.07) is -0.982. The number of allylic oxidation sites excluding steroid dienone is 9. The first kappa shape index (κ1) is 88.7. The summed E-state index contributed by atoms with van der Waals surface area (Å²) in [7, 11) is 0. The van der Waals surface area contributed by atoms with Gasteiger partial charge < -0.3 is 89.9 Å². The molecule has 19 nitrogen and oxygen atoms in total. The standard InChI is InChI=1S/C78H141NO18/c1-3-5-7-9-11-13-15-17-19-21-23-25-26-27-28-29-30-31-32-33-34-36-37-39-41-43-45-47-49-51-53-55-62(83)61(79-66(84)56-54-52-50-48-46-44-42-40-38-35-24-22-20-18-16-14-12-10-8-6-4-2)60-92-76-72(90)69(87)74(64(58-81)94-76)97-78-73(91)70(88)75(65(59-82)95-78)96-77-71(89)68(86)67(85)63(57-80)93-77/h6,8,12,14,18,20,24,35,53,55,61-65,67-78,80-83,85-91H,3-5,7,9-11,13,15-17,19,21-23,25-34,36-52,54,56-60H2,1-2H3,(H,79,84)/b8-6-,14-12-,20-18-,35-24-,55-53+. The van der Waals surface area contributed by atoms with Gasteiger partial charge in [0.1, 0.15) is 73.2 Å². The van der Waals surface area contributed by atoms with Gasteiger partial charge in [0.25, 0.3) is 0 Å². The van der Waals surface area contributed by atoms with Crippen molar-refractivity contribution < 1.29 is 89.4 Å². The molecule has 0 bridgehead atoms. The average Bonchev–Trinajstić information content (AvgIpc) is 0.789. The molecule has 3 rings (SSSR count). The number of carbonyl (C=O) groups excluding carboxylic acids is 1. The van der Waals surface area contributed by atoms with Crippen LogP contribution in [-0.4, -0.2) is 193 Å². The number of unbranched alkanes of at least 4 members (excludes halogenated alkanes) is 37. The van der Waals surface area contributed by atoms with Crippen LogP contribution in [0.4, 0.5) is 0 Å². The van der Waals surface area contributed by atoms with Crippen LogP contribution in [0.1, 0.15) is 296 Å². The molecule has 0 aromatic carbocycles. The van der Waals surface area contributed by atoms with Crippen molar-refractivity contribution in [2.45, 2.75) is 401 Å². The quantitative estimate of drug-likeness (QED) is 0.0199. The molecule has 0 spiro atoms. The Balaban J connectivity index is 1.39. The van der Waals surface area contributed by atoms with Crippen LogP contribution in [0.5, 0.6) is 0 Å². The molecule has 3 fully saturated rings. The highest BCUT2D eigenvalue weighted by Gasteiger charge is 2.53. The number of ether oxygens (including phenoxy) is 6. The van der Waals surface area contributed by atoms with E-state index in [-0.39, 0.29) is 18.9 Å². The summed E-state index contributed by atoms with van der Waals surface area (Å²) in [6.07, 6.45) is 47.8. The monoisotopic (exact) mass is 1380 g/mol. The summed E-state index contributed by atoms with van der Waals surface area (Å²) < 4.78 is 34.4. The molecular formula is C78H141NO18. The van der Waals surface area contributed by atoms with Crippen molar-refractivity contribution >= 4 is 5.91 Å². The molecule has 97 heavy (non-hydrogen) atoms. The number of aliphatic hydroxyl groups is 11. The summed E-state index contributed by atoms with van der Waals surface area (Å²) in [5, 5.41) is 121. The van der Waals surface area contributed by atoms with Gasteiger partial charge in [0.15, 0.2) is 18.9 Å². The minimum Gasteiger partial charge on any atom is -0.394 e. The second kappa shape index (κ2) is 58.9. The Morgan fingerprint density at radius 1 is 0.381 bits per heavy atom. The van der Waals surface area contributed by atoms with Gasteiger partial charge in [-0.3, -0.25) is 4.79 Å². The minimum absolute atomic E-state index is 0.232. The van der Waals surface area contributed by atoms with Crippen LogP contribution in [0, 0.1) is 0 Å². The third kappa shape index (κ3) is 39.6. The average molecular weight is 1380 g/mol. The predicted molar refractivity (Wildman–Crippen MR) is 383 cm³/mol. The van der Waals surface area contributed by atoms with E-state index < -0.39 is 124 Å². The number of hydrogen-bond acceptors (Lipinski definition) is 18. The highest BCUT2D eigenvalue weighted by atomic mass is 16.8. The van der Waals surface area contributed by atoms with Crippen LogP contribution in [-0.2, 0) is 33.2 Å². The molecule has 0 aromatic heterocycles. The number of amides is 1. The maximum atomic E-state index is 13.4. The lowest BCUT2D eigenvalue weighted by atomic mass is 9.96. The van der Waals surface area contributed by atoms with Crippen LogP contribution >= 0.6 is 0 Å². The van der Waals surface area contributed by atoms with E-state index in [0.717, 1.165) is 83.5 Å². The molecule has 19 heteroatoms. The highest BCUT2D eigenvalue weighted by Crippen LogP contribution is 2.33. The van der Waals surface area contributed by atoms with Crippen molar-refractivity contribution in [1.82, 2.24) is 5.32 Å². The van der Waals surface area contributed by atoms with Gasteiger partial charge in [-0.25, -0.2) is 0 Å². The van der Waals surface area contributed by atoms with Gasteiger partial charge in [-0.05, 0) is 57.8 Å². The molecule has 3 aliphatic heterocycles. The van der Waals surface area contributed by atoms with Crippen molar-refractivity contribution in [3.8, 4) is 0 Å². The van der Waals surface area contributed by atoms with Crippen molar-refractivity contribution in [1.29, 1.82) is 0 Å². The van der Waals surface area contributed by atoms with E-state index >= 15 is 0 Å². The van der Waals surface area contributed by atoms with Crippen LogP contribution in [0.3, 0.4) is 0 Å². The summed E-state index contributed by atoms with van der Waals surface area (Å²) in [6.45, 7) is 1.65. The fraction of sp³-hybridized carbons (Fsp3) is 0.859. The Morgan fingerprint density at radius 2 is 0.711 bits per heavy atom. The molecule has 17 atom stereocenters. The predicted octanol–water partition coefficient (Wildman–Crippen LogP) is 12.3. The zero-order valence-corrected chi connectivity index (χ0v) is 60.3. The Kier molecular flexibility index (Phi) is 53.9. The van der Waals surface area contributed by atoms with Gasteiger partial charge in [0, 0.05) is 6.42 Å². The van der Waals surface area contributed by atoms with Gasteiger partial charge in [-0.1, -0.05) is 293 Å². The molecule has 1 amide bonds. The number of hydrogen-bond donors (Lipinski definition) is 12. The van der Waals surface area contributed by atoms with Gasteiger partial charge in [-0.2, -0.15) is 0 Å². The Morgan fingerprint density at radius 3 is 1.11 bits per heavy atom. The van der Waals surface area contributed by atoms with Crippen molar-refractivity contribution in [3.05, 3.63) is 60.8 Å². The fourth-order valence-electron chi connectivity index (χ4n) is 13.1. The molecule has 0 aromatic rings. The number of nitrogens with one attached hydrogen (secondary N) is 1. The van der Waals surface area contributed by atoms with Crippen molar-refractivity contribution in [3.63, 3.8) is 0 Å². The second-order valence-corrected chi connectivity index (χ2v) is 27.8. The van der Waals surface area contributed by atoms with E-state index in [4.69, 9.17) is 28.4 Å². The first-order chi connectivity index (χ1) is 47.3. The number of aliphatic hydroxyl groups excluding tert-OH is 11. The van der Waals surface area contributed by atoms with E-state index in [1.165, 1.54) is 186 Å². The SMILES string of the molecule is CC/C=C\C/C=C\C/C=C\C/C=C\CCCCCCCCCCC(=O)NC(COC1OC(CO)C(OC2OC(CO)C(OC3OC(CO)C(O)C(O)C3O)C(O)C2O)C(O)C1O)C(O)/C=C/CCCCCCCCCCCCCCCCCCCCCCCCCCCCCCC. The van der Waals surface area contributed by atoms with Crippen LogP contribution in [0.25, 0.3) is 0 Å². The van der Waals surface area contributed by atoms with Crippen molar-refractivity contribution in [2.75, 3.05) is 26.4 Å². The van der Waals surface area contributed by atoms with E-state index in [9.17, 15) is 61.0 Å². The van der Waals surface area contributed by atoms with Gasteiger partial charge in [0.05, 0.1) is 38.6 Å². The molecule has 12 N–H and O–H groups in total. The van der Waals surface area contributed by atoms with Crippen LogP contribution < -0.4 is 5.32 Å². The molecule has 3 aliphatic rings. The van der Waals surface area contributed by atoms with E-state index in [1.807, 2.05) is 6.08 Å². The van der Waals surface area contributed by atoms with Gasteiger partial charge >= 0.3 is 0 Å². The summed E-state index contributed by atoms with van der Waals surface area (Å²) in [4.78, 5) is 13.4. The maximum absolute atomic E-state index is 13.4. The summed E-state index contributed by atoms with van der Waals surface area (Å²) in [5.74, 6) is -0.283. The first-order valence-corrected chi connectivity index (χ1v) is 39.0. The minimum atomic E-state index is -1.98. The number of carbonyl (C=O) groups is 1. The topological polar surface area (TPSA) is 307 Å². The van der Waals surface area contributed by atoms with Crippen LogP contribution in [0.15, 0.2) is 60.8 Å². The Labute approximate surface area is 586 Å². The van der Waals surface area contributed by atoms with E-state index in [1.54, 1.807) is 6.08 Å². The highest BCUT2D eigenvalue weighted by molar-refractivity contribution is 5.76. The van der Waals surface area contributed by atoms with Gasteiger partial charge in [-0.15, -0.1) is 0 Å². The molecule has 0 saturated carbocycles. The van der Waals surface area contributed by atoms with Crippen LogP contribution in [0.2, 0.25) is 0 Å². The Hall–Kier alpha value is -2.51. The lowest BCUT2D eigenvalue weighted by molar-refractivity contribution is -0.379. The molecule has 3 saturated heterocycles. The zero-order valence-electron chi connectivity index (χ0n) is 60.3. The maximum Gasteiger partial charge on any atom is 0.220 e. The normalized spacial score (nSPS) is 27.2. The Bertz CT molecular complexity index is 1990. The zero-order chi connectivity index (χ0) is 70.4. The lowest BCUT2D eigenvalue weighted by Crippen LogP contribution is -2.66. The molecule has 0 aliphatic carbocycles. The third-order valence-corrected chi connectivity index (χ3v) is 19.3. The lowest BCUT2D eigenvalue weighted by Gasteiger charge is -2.48. The molecule has 0 radical (unpaired) electrons. The smallest absolute Gasteiger partial charge is 0.220 e. The largest absolute Gasteiger partial charge is 0.394 e. The number of rotatable bonds is 61. The van der Waals surface area contributed by atoms with E-state index in [2.05, 4.69) is 67.8 Å². The summed E-state index contributed by atoms with van der Waals surface area (Å²) >= 11 is 0. The van der Waals surface area contributed by atoms with Gasteiger partial charge in [0.2, 0.25) is 5.91 Å². The molecule has 17 unspecified atom stereocenters. The molecule has 3 heterocycles. The molecule has 566 valence electrons. The van der Waals surface area contributed by atoms with E-state index in [0.29, 0.717) is 6.42 Å². The first-order valence-electron chi connectivity index (χ1n) is 39.0.